The number of nitrogens with zero attached hydrogens (tertiary/aromatic N) is 1. The third-order valence-electron chi connectivity index (χ3n) is 12.6. The lowest BCUT2D eigenvalue weighted by atomic mass is 9.47. The van der Waals surface area contributed by atoms with E-state index in [4.69, 9.17) is 4.74 Å². The molecule has 2 unspecified atom stereocenters. The molecule has 0 N–H and O–H groups in total. The molecule has 0 radical (unpaired) electrons. The van der Waals surface area contributed by atoms with Gasteiger partial charge in [0.1, 0.15) is 6.10 Å². The van der Waals surface area contributed by atoms with Crippen molar-refractivity contribution in [3.8, 4) is 0 Å². The molecule has 4 aliphatic carbocycles. The Kier molecular flexibility index (Phi) is 7.43. The molecule has 3 nitrogen and oxygen atoms in total. The highest BCUT2D eigenvalue weighted by molar-refractivity contribution is 5.90. The van der Waals surface area contributed by atoms with E-state index in [0.717, 1.165) is 67.0 Å². The van der Waals surface area contributed by atoms with Crippen LogP contribution in [0.3, 0.4) is 0 Å². The molecule has 39 heavy (non-hydrogen) atoms. The first-order valence-electron chi connectivity index (χ1n) is 16.5. The molecule has 3 saturated carbocycles. The number of carbonyl (C=O) groups is 1. The van der Waals surface area contributed by atoms with Crippen LogP contribution in [-0.2, 0) is 11.2 Å². The molecule has 1 aromatic carbocycles. The van der Waals surface area contributed by atoms with E-state index in [0.29, 0.717) is 10.8 Å². The number of para-hydroxylation sites is 1. The third-order valence-corrected chi connectivity index (χ3v) is 12.6. The molecule has 1 aromatic rings. The number of carbonyl (C=O) groups excluding carboxylic acids is 1. The maximum absolute atomic E-state index is 13.2. The standard InChI is InChI=1S/C36H53NO2/c1-24(2)9-8-10-25(3)30-15-16-31-29-14-13-27-23-28(17-20-35(27,4)32(29)18-21-36(30,31)5)39-34(38)37-22-19-26-11-6-7-12-33(26)37/h6-7,11-13,24-25,28-32H,8-10,14-23H2,1-5H3/t25-,28+,29+,30?,31?,32+,35+,36-/m1/s1. The summed E-state index contributed by atoms with van der Waals surface area (Å²) in [6, 6.07) is 8.27. The number of fused-ring (bicyclic) bond motifs is 6. The largest absolute Gasteiger partial charge is 0.446 e. The number of ether oxygens (including phenoxy) is 1. The van der Waals surface area contributed by atoms with Crippen LogP contribution in [0.2, 0.25) is 0 Å². The van der Waals surface area contributed by atoms with Gasteiger partial charge >= 0.3 is 6.09 Å². The second kappa shape index (κ2) is 10.6. The van der Waals surface area contributed by atoms with E-state index in [2.05, 4.69) is 58.9 Å². The molecule has 8 atom stereocenters. The summed E-state index contributed by atoms with van der Waals surface area (Å²) in [6.07, 6.45) is 17.8. The van der Waals surface area contributed by atoms with Gasteiger partial charge in [0.2, 0.25) is 0 Å². The maximum Gasteiger partial charge on any atom is 0.414 e. The van der Waals surface area contributed by atoms with Gasteiger partial charge in [-0.3, -0.25) is 4.90 Å². The fourth-order valence-electron chi connectivity index (χ4n) is 10.5. The molecule has 0 saturated heterocycles. The SMILES string of the molecule is CC(C)CCC[C@@H](C)C1CCC2[C@@H]3CC=C4C[C@@H](OC(=O)N5CCc6ccccc65)CC[C@]4(C)[C@H]3CC[C@]12C. The first-order chi connectivity index (χ1) is 18.7. The molecule has 0 aromatic heterocycles. The molecule has 3 fully saturated rings. The van der Waals surface area contributed by atoms with E-state index in [9.17, 15) is 4.79 Å². The Hall–Kier alpha value is -1.77. The van der Waals surface area contributed by atoms with Gasteiger partial charge in [0.05, 0.1) is 5.69 Å². The maximum atomic E-state index is 13.2. The van der Waals surface area contributed by atoms with Crippen LogP contribution >= 0.6 is 0 Å². The zero-order valence-corrected chi connectivity index (χ0v) is 25.4. The Morgan fingerprint density at radius 1 is 1.03 bits per heavy atom. The van der Waals surface area contributed by atoms with E-state index in [1.165, 1.54) is 63.4 Å². The number of hydrogen-bond donors (Lipinski definition) is 0. The summed E-state index contributed by atoms with van der Waals surface area (Å²) in [5.74, 6) is 5.18. The predicted octanol–water partition coefficient (Wildman–Crippen LogP) is 9.60. The van der Waals surface area contributed by atoms with E-state index in [-0.39, 0.29) is 12.2 Å². The Balaban J connectivity index is 1.11. The highest BCUT2D eigenvalue weighted by atomic mass is 16.6. The van der Waals surface area contributed by atoms with E-state index in [1.54, 1.807) is 5.57 Å². The van der Waals surface area contributed by atoms with Crippen LogP contribution < -0.4 is 4.90 Å². The van der Waals surface area contributed by atoms with Gasteiger partial charge in [0.15, 0.2) is 0 Å². The first-order valence-corrected chi connectivity index (χ1v) is 16.5. The number of benzene rings is 1. The molecule has 6 rings (SSSR count). The summed E-state index contributed by atoms with van der Waals surface area (Å²) < 4.78 is 6.18. The number of allylic oxidation sites excluding steroid dienone is 1. The molecule has 3 heteroatoms. The van der Waals surface area contributed by atoms with E-state index < -0.39 is 0 Å². The zero-order chi connectivity index (χ0) is 27.4. The molecule has 0 spiro atoms. The van der Waals surface area contributed by atoms with Gasteiger partial charge in [-0.15, -0.1) is 0 Å². The van der Waals surface area contributed by atoms with Crippen LogP contribution in [0.5, 0.6) is 0 Å². The predicted molar refractivity (Wildman–Crippen MR) is 161 cm³/mol. The minimum atomic E-state index is -0.143. The van der Waals surface area contributed by atoms with Gasteiger partial charge in [-0.1, -0.05) is 83.7 Å². The van der Waals surface area contributed by atoms with Crippen molar-refractivity contribution in [3.63, 3.8) is 0 Å². The minimum Gasteiger partial charge on any atom is -0.446 e. The molecule has 214 valence electrons. The summed E-state index contributed by atoms with van der Waals surface area (Å²) in [5, 5.41) is 0. The summed E-state index contributed by atoms with van der Waals surface area (Å²) >= 11 is 0. The minimum absolute atomic E-state index is 0.0255. The van der Waals surface area contributed by atoms with Crippen LogP contribution in [0.1, 0.15) is 111 Å². The van der Waals surface area contributed by atoms with E-state index in [1.807, 2.05) is 11.0 Å². The summed E-state index contributed by atoms with van der Waals surface area (Å²) in [6.45, 7) is 13.3. The number of anilines is 1. The van der Waals surface area contributed by atoms with Crippen molar-refractivity contribution in [1.82, 2.24) is 0 Å². The van der Waals surface area contributed by atoms with Crippen LogP contribution in [-0.4, -0.2) is 18.7 Å². The molecule has 1 amide bonds. The second-order valence-corrected chi connectivity index (χ2v) is 15.1. The lowest BCUT2D eigenvalue weighted by Crippen LogP contribution is -2.51. The van der Waals surface area contributed by atoms with Crippen molar-refractivity contribution < 1.29 is 9.53 Å². The fourth-order valence-corrected chi connectivity index (χ4v) is 10.5. The van der Waals surface area contributed by atoms with Gasteiger partial charge in [-0.2, -0.15) is 0 Å². The Morgan fingerprint density at radius 3 is 2.67 bits per heavy atom. The topological polar surface area (TPSA) is 29.5 Å². The van der Waals surface area contributed by atoms with Crippen molar-refractivity contribution in [1.29, 1.82) is 0 Å². The van der Waals surface area contributed by atoms with Gasteiger partial charge in [0.25, 0.3) is 0 Å². The van der Waals surface area contributed by atoms with Gasteiger partial charge in [0, 0.05) is 13.0 Å². The number of hydrogen-bond acceptors (Lipinski definition) is 2. The molecular weight excluding hydrogens is 478 g/mol. The second-order valence-electron chi connectivity index (χ2n) is 15.1. The summed E-state index contributed by atoms with van der Waals surface area (Å²) in [7, 11) is 0. The Labute approximate surface area is 238 Å². The summed E-state index contributed by atoms with van der Waals surface area (Å²) in [5.41, 5.74) is 4.75. The fraction of sp³-hybridized carbons (Fsp3) is 0.750. The van der Waals surface area contributed by atoms with Crippen molar-refractivity contribution in [2.24, 2.45) is 46.3 Å². The van der Waals surface area contributed by atoms with Crippen molar-refractivity contribution in [3.05, 3.63) is 41.5 Å². The smallest absolute Gasteiger partial charge is 0.414 e. The van der Waals surface area contributed by atoms with Gasteiger partial charge in [-0.05, 0) is 109 Å². The molecule has 1 aliphatic heterocycles. The molecular formula is C36H53NO2. The first kappa shape index (κ1) is 27.4. The average Bonchev–Trinajstić information content (AvgIpc) is 3.50. The van der Waals surface area contributed by atoms with Crippen LogP contribution in [0.25, 0.3) is 0 Å². The number of amides is 1. The normalized spacial score (nSPS) is 37.9. The van der Waals surface area contributed by atoms with Gasteiger partial charge in [-0.25, -0.2) is 4.79 Å². The molecule has 0 bridgehead atoms. The van der Waals surface area contributed by atoms with Crippen molar-refractivity contribution in [2.75, 3.05) is 11.4 Å². The molecule has 1 heterocycles. The molecule has 5 aliphatic rings. The highest BCUT2D eigenvalue weighted by Crippen LogP contribution is 2.67. The van der Waals surface area contributed by atoms with Crippen molar-refractivity contribution in [2.45, 2.75) is 118 Å². The van der Waals surface area contributed by atoms with Crippen LogP contribution in [0.4, 0.5) is 10.5 Å². The Bertz CT molecular complexity index is 1090. The zero-order valence-electron chi connectivity index (χ0n) is 25.4. The highest BCUT2D eigenvalue weighted by Gasteiger charge is 2.59. The summed E-state index contributed by atoms with van der Waals surface area (Å²) in [4.78, 5) is 15.0. The Morgan fingerprint density at radius 2 is 1.85 bits per heavy atom. The average molecular weight is 532 g/mol. The van der Waals surface area contributed by atoms with Gasteiger partial charge < -0.3 is 4.74 Å². The van der Waals surface area contributed by atoms with Crippen LogP contribution in [0, 0.1) is 46.3 Å². The van der Waals surface area contributed by atoms with Crippen LogP contribution in [0.15, 0.2) is 35.9 Å². The monoisotopic (exact) mass is 531 g/mol. The van der Waals surface area contributed by atoms with E-state index >= 15 is 0 Å². The van der Waals surface area contributed by atoms with Crippen molar-refractivity contribution >= 4 is 11.8 Å². The lowest BCUT2D eigenvalue weighted by molar-refractivity contribution is -0.0579. The lowest BCUT2D eigenvalue weighted by Gasteiger charge is -2.58. The quantitative estimate of drug-likeness (QED) is 0.342. The third kappa shape index (κ3) is 4.78. The number of rotatable bonds is 6.